The first-order valence-electron chi connectivity index (χ1n) is 12.3. The standard InChI is InChI=1S/C28H32FN5O3/c1-5-14-37-15-6-12-33(3)28(35)22-9-8-21(16-19(22)2)32-26-27-31-18-24(34(27)13-11-30-26)20-7-10-25(36-4)23(29)17-20/h7-11,13,16-18H,5-6,12,14-15H2,1-4H3,(H,30,32). The minimum absolute atomic E-state index is 0.0237. The van der Waals surface area contributed by atoms with Crippen molar-refractivity contribution in [1.82, 2.24) is 19.3 Å². The molecule has 0 aliphatic rings. The highest BCUT2D eigenvalue weighted by molar-refractivity contribution is 5.96. The Hall–Kier alpha value is -3.98. The normalized spacial score (nSPS) is 11.1. The maximum absolute atomic E-state index is 14.3. The maximum atomic E-state index is 14.3. The van der Waals surface area contributed by atoms with E-state index >= 15 is 0 Å². The molecule has 0 saturated heterocycles. The van der Waals surface area contributed by atoms with Gasteiger partial charge in [0.1, 0.15) is 0 Å². The van der Waals surface area contributed by atoms with Crippen molar-refractivity contribution in [3.8, 4) is 17.0 Å². The van der Waals surface area contributed by atoms with Gasteiger partial charge in [0.15, 0.2) is 23.0 Å². The van der Waals surface area contributed by atoms with Crippen LogP contribution in [0.2, 0.25) is 0 Å². The summed E-state index contributed by atoms with van der Waals surface area (Å²) in [5, 5.41) is 3.30. The van der Waals surface area contributed by atoms with Crippen molar-refractivity contribution in [3.05, 3.63) is 71.9 Å². The molecule has 2 aromatic carbocycles. The largest absolute Gasteiger partial charge is 0.494 e. The van der Waals surface area contributed by atoms with Crippen LogP contribution in [0.4, 0.5) is 15.9 Å². The van der Waals surface area contributed by atoms with E-state index in [1.54, 1.807) is 35.6 Å². The second kappa shape index (κ2) is 11.8. The van der Waals surface area contributed by atoms with Crippen molar-refractivity contribution in [3.63, 3.8) is 0 Å². The number of nitrogens with zero attached hydrogens (tertiary/aromatic N) is 4. The second-order valence-electron chi connectivity index (χ2n) is 8.81. The average Bonchev–Trinajstić information content (AvgIpc) is 3.33. The summed E-state index contributed by atoms with van der Waals surface area (Å²) in [6.07, 6.45) is 6.90. The van der Waals surface area contributed by atoms with Crippen molar-refractivity contribution < 1.29 is 18.7 Å². The predicted molar refractivity (Wildman–Crippen MR) is 142 cm³/mol. The number of amides is 1. The van der Waals surface area contributed by atoms with Crippen LogP contribution in [0.15, 0.2) is 55.0 Å². The number of aromatic nitrogens is 3. The fraction of sp³-hybridized carbons (Fsp3) is 0.321. The number of nitrogens with one attached hydrogen (secondary N) is 1. The number of aryl methyl sites for hydroxylation is 1. The second-order valence-corrected chi connectivity index (χ2v) is 8.81. The van der Waals surface area contributed by atoms with E-state index in [0.717, 1.165) is 36.4 Å². The lowest BCUT2D eigenvalue weighted by molar-refractivity contribution is 0.0763. The topological polar surface area (TPSA) is 81.0 Å². The van der Waals surface area contributed by atoms with Gasteiger partial charge in [-0.05, 0) is 61.7 Å². The van der Waals surface area contributed by atoms with Crippen LogP contribution in [-0.2, 0) is 4.74 Å². The van der Waals surface area contributed by atoms with Gasteiger partial charge >= 0.3 is 0 Å². The van der Waals surface area contributed by atoms with E-state index in [1.807, 2.05) is 36.6 Å². The van der Waals surface area contributed by atoms with Crippen molar-refractivity contribution in [2.75, 3.05) is 39.2 Å². The molecule has 0 fully saturated rings. The molecule has 0 spiro atoms. The third kappa shape index (κ3) is 5.89. The van der Waals surface area contributed by atoms with E-state index in [1.165, 1.54) is 13.2 Å². The van der Waals surface area contributed by atoms with Crippen LogP contribution in [0.25, 0.3) is 16.9 Å². The molecular formula is C28H32FN5O3. The number of rotatable bonds is 11. The molecule has 194 valence electrons. The van der Waals surface area contributed by atoms with Gasteiger partial charge < -0.3 is 19.7 Å². The number of carbonyl (C=O) groups excluding carboxylic acids is 1. The molecule has 9 heteroatoms. The molecule has 0 aliphatic heterocycles. The Labute approximate surface area is 216 Å². The number of anilines is 2. The quantitative estimate of drug-likeness (QED) is 0.272. The number of methoxy groups -OCH3 is 1. The van der Waals surface area contributed by atoms with Gasteiger partial charge in [0.25, 0.3) is 5.91 Å². The molecule has 0 unspecified atom stereocenters. The summed E-state index contributed by atoms with van der Waals surface area (Å²) >= 11 is 0. The number of hydrogen-bond acceptors (Lipinski definition) is 6. The molecular weight excluding hydrogens is 473 g/mol. The van der Waals surface area contributed by atoms with Crippen LogP contribution in [0.3, 0.4) is 0 Å². The van der Waals surface area contributed by atoms with Crippen molar-refractivity contribution in [2.24, 2.45) is 0 Å². The third-order valence-corrected chi connectivity index (χ3v) is 6.07. The highest BCUT2D eigenvalue weighted by Crippen LogP contribution is 2.29. The van der Waals surface area contributed by atoms with Gasteiger partial charge in [-0.15, -0.1) is 0 Å². The van der Waals surface area contributed by atoms with Crippen molar-refractivity contribution >= 4 is 23.1 Å². The lowest BCUT2D eigenvalue weighted by Crippen LogP contribution is -2.29. The van der Waals surface area contributed by atoms with E-state index in [4.69, 9.17) is 9.47 Å². The summed E-state index contributed by atoms with van der Waals surface area (Å²) in [5.41, 5.74) is 4.28. The van der Waals surface area contributed by atoms with Crippen LogP contribution in [-0.4, -0.2) is 59.1 Å². The average molecular weight is 506 g/mol. The van der Waals surface area contributed by atoms with Gasteiger partial charge in [0, 0.05) is 56.0 Å². The minimum atomic E-state index is -0.442. The molecule has 2 heterocycles. The molecule has 0 saturated carbocycles. The number of benzene rings is 2. The van der Waals surface area contributed by atoms with E-state index in [0.29, 0.717) is 35.7 Å². The monoisotopic (exact) mass is 505 g/mol. The molecule has 1 amide bonds. The lowest BCUT2D eigenvalue weighted by Gasteiger charge is -2.19. The molecule has 0 radical (unpaired) electrons. The van der Waals surface area contributed by atoms with Gasteiger partial charge in [-0.3, -0.25) is 9.20 Å². The molecule has 0 bridgehead atoms. The number of ether oxygens (including phenoxy) is 2. The van der Waals surface area contributed by atoms with Crippen molar-refractivity contribution in [2.45, 2.75) is 26.7 Å². The Balaban J connectivity index is 1.50. The fourth-order valence-corrected chi connectivity index (χ4v) is 4.12. The van der Waals surface area contributed by atoms with Gasteiger partial charge in [0.05, 0.1) is 19.0 Å². The molecule has 4 aromatic rings. The highest BCUT2D eigenvalue weighted by Gasteiger charge is 2.16. The Morgan fingerprint density at radius 3 is 2.73 bits per heavy atom. The molecule has 37 heavy (non-hydrogen) atoms. The molecule has 1 N–H and O–H groups in total. The summed E-state index contributed by atoms with van der Waals surface area (Å²) in [4.78, 5) is 23.6. The predicted octanol–water partition coefficient (Wildman–Crippen LogP) is 5.48. The summed E-state index contributed by atoms with van der Waals surface area (Å²) in [7, 11) is 3.24. The SMILES string of the molecule is CCCOCCCN(C)C(=O)c1ccc(Nc2nccn3c(-c4ccc(OC)c(F)c4)cnc23)cc1C. The van der Waals surface area contributed by atoms with Crippen LogP contribution < -0.4 is 10.1 Å². The Kier molecular flexibility index (Phi) is 8.35. The Bertz CT molecular complexity index is 1390. The Morgan fingerprint density at radius 2 is 2.00 bits per heavy atom. The first-order chi connectivity index (χ1) is 17.9. The van der Waals surface area contributed by atoms with Crippen molar-refractivity contribution in [1.29, 1.82) is 0 Å². The summed E-state index contributed by atoms with van der Waals surface area (Å²) in [6.45, 7) is 6.01. The molecule has 2 aromatic heterocycles. The summed E-state index contributed by atoms with van der Waals surface area (Å²) in [6, 6.07) is 10.4. The number of imidazole rings is 1. The van der Waals surface area contributed by atoms with Crippen LogP contribution in [0.1, 0.15) is 35.7 Å². The number of halogens is 1. The van der Waals surface area contributed by atoms with Crippen LogP contribution in [0.5, 0.6) is 5.75 Å². The molecule has 4 rings (SSSR count). The smallest absolute Gasteiger partial charge is 0.253 e. The number of fused-ring (bicyclic) bond motifs is 1. The highest BCUT2D eigenvalue weighted by atomic mass is 19.1. The fourth-order valence-electron chi connectivity index (χ4n) is 4.12. The van der Waals surface area contributed by atoms with E-state index < -0.39 is 5.82 Å². The Morgan fingerprint density at radius 1 is 1.16 bits per heavy atom. The molecule has 0 aliphatic carbocycles. The van der Waals surface area contributed by atoms with Gasteiger partial charge in [-0.25, -0.2) is 14.4 Å². The zero-order chi connectivity index (χ0) is 26.4. The number of carbonyl (C=O) groups is 1. The van der Waals surface area contributed by atoms with Gasteiger partial charge in [0.2, 0.25) is 0 Å². The lowest BCUT2D eigenvalue weighted by atomic mass is 10.1. The first kappa shape index (κ1) is 26.1. The summed E-state index contributed by atoms with van der Waals surface area (Å²) in [5.74, 6) is 0.267. The zero-order valence-corrected chi connectivity index (χ0v) is 21.6. The number of hydrogen-bond donors (Lipinski definition) is 1. The first-order valence-corrected chi connectivity index (χ1v) is 12.3. The zero-order valence-electron chi connectivity index (χ0n) is 21.6. The third-order valence-electron chi connectivity index (χ3n) is 6.07. The van der Waals surface area contributed by atoms with Crippen LogP contribution >= 0.6 is 0 Å². The van der Waals surface area contributed by atoms with E-state index in [-0.39, 0.29) is 11.7 Å². The molecule has 0 atom stereocenters. The molecule has 8 nitrogen and oxygen atoms in total. The van der Waals surface area contributed by atoms with Gasteiger partial charge in [-0.1, -0.05) is 6.92 Å². The summed E-state index contributed by atoms with van der Waals surface area (Å²) < 4.78 is 26.7. The van der Waals surface area contributed by atoms with E-state index in [2.05, 4.69) is 22.2 Å². The maximum Gasteiger partial charge on any atom is 0.253 e. The van der Waals surface area contributed by atoms with E-state index in [9.17, 15) is 9.18 Å². The van der Waals surface area contributed by atoms with Crippen LogP contribution in [0, 0.1) is 12.7 Å². The minimum Gasteiger partial charge on any atom is -0.494 e. The van der Waals surface area contributed by atoms with Gasteiger partial charge in [-0.2, -0.15) is 0 Å².